The van der Waals surface area contributed by atoms with Crippen molar-refractivity contribution in [2.24, 2.45) is 5.73 Å². The number of nitrogens with zero attached hydrogens (tertiary/aromatic N) is 1. The number of anilines is 1. The molecule has 1 aromatic rings. The van der Waals surface area contributed by atoms with Gasteiger partial charge in [0.2, 0.25) is 0 Å². The molecule has 2 fully saturated rings. The van der Waals surface area contributed by atoms with Crippen LogP contribution in [-0.2, 0) is 4.74 Å². The Morgan fingerprint density at radius 2 is 2.26 bits per heavy atom. The third-order valence-corrected chi connectivity index (χ3v) is 4.59. The van der Waals surface area contributed by atoms with Gasteiger partial charge in [0.05, 0.1) is 29.5 Å². The minimum atomic E-state index is 0.0236. The fourth-order valence-electron chi connectivity index (χ4n) is 3.26. The van der Waals surface area contributed by atoms with Gasteiger partial charge in [-0.25, -0.2) is 0 Å². The van der Waals surface area contributed by atoms with Crippen LogP contribution in [0.25, 0.3) is 0 Å². The van der Waals surface area contributed by atoms with E-state index in [2.05, 4.69) is 17.0 Å². The number of halogens is 1. The van der Waals surface area contributed by atoms with E-state index < -0.39 is 0 Å². The fourth-order valence-corrected chi connectivity index (χ4v) is 3.56. The topological polar surface area (TPSA) is 38.5 Å². The first-order chi connectivity index (χ1) is 9.16. The number of hydrogen-bond donors (Lipinski definition) is 1. The standard InChI is InChI=1S/C15H21ClN2O/c1-10(17)11-5-6-13(12(16)9-11)18-7-8-19-15-4-2-3-14(15)18/h5-6,9-10,14-15H,2-4,7-8,17H2,1H3. The summed E-state index contributed by atoms with van der Waals surface area (Å²) >= 11 is 6.46. The van der Waals surface area contributed by atoms with Gasteiger partial charge >= 0.3 is 0 Å². The van der Waals surface area contributed by atoms with E-state index in [-0.39, 0.29) is 6.04 Å². The van der Waals surface area contributed by atoms with Crippen molar-refractivity contribution < 1.29 is 4.74 Å². The van der Waals surface area contributed by atoms with Gasteiger partial charge in [-0.3, -0.25) is 0 Å². The summed E-state index contributed by atoms with van der Waals surface area (Å²) < 4.78 is 5.85. The molecule has 1 aliphatic heterocycles. The molecule has 19 heavy (non-hydrogen) atoms. The Labute approximate surface area is 119 Å². The molecule has 0 spiro atoms. The molecule has 3 rings (SSSR count). The van der Waals surface area contributed by atoms with Crippen LogP contribution in [0.15, 0.2) is 18.2 Å². The van der Waals surface area contributed by atoms with Gasteiger partial charge in [0, 0.05) is 12.6 Å². The first-order valence-corrected chi connectivity index (χ1v) is 7.48. The summed E-state index contributed by atoms with van der Waals surface area (Å²) in [5, 5.41) is 0.808. The fraction of sp³-hybridized carbons (Fsp3) is 0.600. The largest absolute Gasteiger partial charge is 0.374 e. The molecule has 0 amide bonds. The molecule has 3 unspecified atom stereocenters. The van der Waals surface area contributed by atoms with Gasteiger partial charge in [0.25, 0.3) is 0 Å². The average Bonchev–Trinajstić information content (AvgIpc) is 2.86. The molecule has 1 heterocycles. The van der Waals surface area contributed by atoms with Crippen LogP contribution in [0.2, 0.25) is 5.02 Å². The molecule has 1 aromatic carbocycles. The van der Waals surface area contributed by atoms with E-state index in [0.29, 0.717) is 12.1 Å². The summed E-state index contributed by atoms with van der Waals surface area (Å²) in [6.07, 6.45) is 4.02. The number of morpholine rings is 1. The maximum Gasteiger partial charge on any atom is 0.0779 e. The Morgan fingerprint density at radius 1 is 1.42 bits per heavy atom. The predicted molar refractivity (Wildman–Crippen MR) is 78.8 cm³/mol. The molecule has 3 nitrogen and oxygen atoms in total. The lowest BCUT2D eigenvalue weighted by Gasteiger charge is -2.39. The van der Waals surface area contributed by atoms with Crippen molar-refractivity contribution in [2.45, 2.75) is 44.4 Å². The maximum absolute atomic E-state index is 6.46. The molecular weight excluding hydrogens is 260 g/mol. The lowest BCUT2D eigenvalue weighted by molar-refractivity contribution is 0.0256. The Morgan fingerprint density at radius 3 is 3.00 bits per heavy atom. The van der Waals surface area contributed by atoms with Gasteiger partial charge < -0.3 is 15.4 Å². The molecule has 1 saturated heterocycles. The van der Waals surface area contributed by atoms with Crippen LogP contribution in [0.4, 0.5) is 5.69 Å². The highest BCUT2D eigenvalue weighted by Gasteiger charge is 2.36. The molecule has 2 aliphatic rings. The molecule has 104 valence electrons. The van der Waals surface area contributed by atoms with Crippen LogP contribution < -0.4 is 10.6 Å². The Bertz CT molecular complexity index is 463. The van der Waals surface area contributed by atoms with Gasteiger partial charge in [0.1, 0.15) is 0 Å². The number of nitrogens with two attached hydrogens (primary N) is 1. The smallest absolute Gasteiger partial charge is 0.0779 e. The highest BCUT2D eigenvalue weighted by molar-refractivity contribution is 6.33. The number of benzene rings is 1. The van der Waals surface area contributed by atoms with Crippen molar-refractivity contribution in [3.63, 3.8) is 0 Å². The predicted octanol–water partition coefficient (Wildman–Crippen LogP) is 3.12. The number of rotatable bonds is 2. The van der Waals surface area contributed by atoms with Crippen molar-refractivity contribution in [3.05, 3.63) is 28.8 Å². The Balaban J connectivity index is 1.88. The highest BCUT2D eigenvalue weighted by atomic mass is 35.5. The van der Waals surface area contributed by atoms with Crippen molar-refractivity contribution >= 4 is 17.3 Å². The third kappa shape index (κ3) is 2.47. The summed E-state index contributed by atoms with van der Waals surface area (Å²) in [5.41, 5.74) is 8.12. The monoisotopic (exact) mass is 280 g/mol. The molecule has 0 aromatic heterocycles. The third-order valence-electron chi connectivity index (χ3n) is 4.29. The lowest BCUT2D eigenvalue weighted by Crippen LogP contribution is -2.48. The second kappa shape index (κ2) is 5.31. The van der Waals surface area contributed by atoms with Crippen molar-refractivity contribution in [2.75, 3.05) is 18.1 Å². The highest BCUT2D eigenvalue weighted by Crippen LogP contribution is 2.37. The van der Waals surface area contributed by atoms with E-state index >= 15 is 0 Å². The molecule has 1 saturated carbocycles. The van der Waals surface area contributed by atoms with Crippen molar-refractivity contribution in [3.8, 4) is 0 Å². The summed E-state index contributed by atoms with van der Waals surface area (Å²) in [6, 6.07) is 6.72. The van der Waals surface area contributed by atoms with Crippen LogP contribution in [0.3, 0.4) is 0 Å². The van der Waals surface area contributed by atoms with Crippen LogP contribution in [0.1, 0.15) is 37.8 Å². The van der Waals surface area contributed by atoms with E-state index in [4.69, 9.17) is 22.1 Å². The molecular formula is C15H21ClN2O. The van der Waals surface area contributed by atoms with Crippen molar-refractivity contribution in [1.82, 2.24) is 0 Å². The van der Waals surface area contributed by atoms with Crippen LogP contribution in [0, 0.1) is 0 Å². The van der Waals surface area contributed by atoms with Crippen molar-refractivity contribution in [1.29, 1.82) is 0 Å². The van der Waals surface area contributed by atoms with E-state index in [9.17, 15) is 0 Å². The molecule has 1 aliphatic carbocycles. The quantitative estimate of drug-likeness (QED) is 0.905. The first kappa shape index (κ1) is 13.2. The normalized spacial score (nSPS) is 28.3. The average molecular weight is 281 g/mol. The molecule has 2 N–H and O–H groups in total. The minimum Gasteiger partial charge on any atom is -0.374 e. The lowest BCUT2D eigenvalue weighted by atomic mass is 10.1. The Kier molecular flexibility index (Phi) is 3.70. The van der Waals surface area contributed by atoms with Gasteiger partial charge in [-0.1, -0.05) is 17.7 Å². The second-order valence-electron chi connectivity index (χ2n) is 5.60. The van der Waals surface area contributed by atoms with Gasteiger partial charge in [-0.05, 0) is 43.9 Å². The zero-order valence-electron chi connectivity index (χ0n) is 11.3. The number of ether oxygens (including phenoxy) is 1. The number of fused-ring (bicyclic) bond motifs is 1. The summed E-state index contributed by atoms with van der Waals surface area (Å²) in [6.45, 7) is 3.71. The Hall–Kier alpha value is -0.770. The zero-order valence-corrected chi connectivity index (χ0v) is 12.1. The van der Waals surface area contributed by atoms with Gasteiger partial charge in [-0.2, -0.15) is 0 Å². The van der Waals surface area contributed by atoms with Crippen LogP contribution in [0.5, 0.6) is 0 Å². The van der Waals surface area contributed by atoms with E-state index in [1.54, 1.807) is 0 Å². The van der Waals surface area contributed by atoms with Crippen LogP contribution in [-0.4, -0.2) is 25.3 Å². The summed E-state index contributed by atoms with van der Waals surface area (Å²) in [7, 11) is 0. The summed E-state index contributed by atoms with van der Waals surface area (Å²) in [4.78, 5) is 2.43. The van der Waals surface area contributed by atoms with E-state index in [1.165, 1.54) is 19.3 Å². The first-order valence-electron chi connectivity index (χ1n) is 7.10. The molecule has 0 radical (unpaired) electrons. The minimum absolute atomic E-state index is 0.0236. The van der Waals surface area contributed by atoms with Gasteiger partial charge in [-0.15, -0.1) is 0 Å². The summed E-state index contributed by atoms with van der Waals surface area (Å²) in [5.74, 6) is 0. The maximum atomic E-state index is 6.46. The van der Waals surface area contributed by atoms with Crippen LogP contribution >= 0.6 is 11.6 Å². The SMILES string of the molecule is CC(N)c1ccc(N2CCOC3CCCC32)c(Cl)c1. The molecule has 3 atom stereocenters. The molecule has 0 bridgehead atoms. The van der Waals surface area contributed by atoms with E-state index in [1.807, 2.05) is 13.0 Å². The van der Waals surface area contributed by atoms with E-state index in [0.717, 1.165) is 29.4 Å². The second-order valence-corrected chi connectivity index (χ2v) is 6.01. The number of hydrogen-bond acceptors (Lipinski definition) is 3. The molecule has 4 heteroatoms. The zero-order chi connectivity index (χ0) is 13.4. The van der Waals surface area contributed by atoms with Gasteiger partial charge in [0.15, 0.2) is 0 Å².